The average Bonchev–Trinajstić information content (AvgIpc) is 2.46. The summed E-state index contributed by atoms with van der Waals surface area (Å²) in [5, 5.41) is 27.6. The first-order valence-corrected chi connectivity index (χ1v) is 4.40. The van der Waals surface area contributed by atoms with Gasteiger partial charge in [-0.1, -0.05) is 0 Å². The van der Waals surface area contributed by atoms with Gasteiger partial charge in [-0.2, -0.15) is 0 Å². The van der Waals surface area contributed by atoms with Gasteiger partial charge in [0.15, 0.2) is 0 Å². The molecule has 0 aliphatic carbocycles. The number of primary amides is 1. The third-order valence-electron chi connectivity index (χ3n) is 2.41. The van der Waals surface area contributed by atoms with Gasteiger partial charge in [0.2, 0.25) is 5.91 Å². The molecule has 1 rings (SSSR count). The lowest BCUT2D eigenvalue weighted by molar-refractivity contribution is -0.135. The fourth-order valence-corrected chi connectivity index (χ4v) is 1.53. The van der Waals surface area contributed by atoms with Crippen LogP contribution < -0.4 is 5.73 Å². The normalized spacial score (nSPS) is 37.5. The second kappa shape index (κ2) is 4.67. The van der Waals surface area contributed by atoms with E-state index >= 15 is 0 Å². The molecule has 1 unspecified atom stereocenters. The maximum atomic E-state index is 10.8. The van der Waals surface area contributed by atoms with Crippen molar-refractivity contribution in [2.24, 2.45) is 11.7 Å². The molecule has 0 bridgehead atoms. The van der Waals surface area contributed by atoms with Crippen molar-refractivity contribution in [2.45, 2.75) is 24.4 Å². The number of ether oxygens (including phenoxy) is 1. The monoisotopic (exact) mass is 219 g/mol. The van der Waals surface area contributed by atoms with E-state index in [1.807, 2.05) is 0 Å². The van der Waals surface area contributed by atoms with E-state index in [0.717, 1.165) is 0 Å². The van der Waals surface area contributed by atoms with Crippen LogP contribution in [0.4, 0.5) is 0 Å². The van der Waals surface area contributed by atoms with E-state index in [9.17, 15) is 19.8 Å². The number of hydrogen-bond acceptors (Lipinski definition) is 6. The molecule has 15 heavy (non-hydrogen) atoms. The highest BCUT2D eigenvalue weighted by molar-refractivity contribution is 5.91. The van der Waals surface area contributed by atoms with Gasteiger partial charge < -0.3 is 30.6 Å². The lowest BCUT2D eigenvalue weighted by Gasteiger charge is -2.17. The fourth-order valence-electron chi connectivity index (χ4n) is 1.53. The molecule has 1 heterocycles. The number of aliphatic hydroxyl groups is 3. The molecule has 0 radical (unpaired) electrons. The Bertz CT molecular complexity index is 258. The van der Waals surface area contributed by atoms with Crippen molar-refractivity contribution in [3.8, 4) is 0 Å². The van der Waals surface area contributed by atoms with E-state index < -0.39 is 42.8 Å². The number of nitrogens with two attached hydrogens (primary N) is 1. The highest BCUT2D eigenvalue weighted by atomic mass is 16.6. The first-order chi connectivity index (χ1) is 7.02. The molecular weight excluding hydrogens is 206 g/mol. The summed E-state index contributed by atoms with van der Waals surface area (Å²) >= 11 is 0. The molecule has 0 aromatic rings. The minimum Gasteiger partial charge on any atom is -0.394 e. The lowest BCUT2D eigenvalue weighted by atomic mass is 9.97. The first-order valence-electron chi connectivity index (χ1n) is 4.40. The largest absolute Gasteiger partial charge is 0.394 e. The molecule has 0 aromatic heterocycles. The zero-order valence-electron chi connectivity index (χ0n) is 7.81. The molecule has 1 saturated heterocycles. The summed E-state index contributed by atoms with van der Waals surface area (Å²) < 4.78 is 4.97. The van der Waals surface area contributed by atoms with Gasteiger partial charge in [-0.05, 0) is 0 Å². The van der Waals surface area contributed by atoms with Crippen LogP contribution in [0, 0.1) is 5.92 Å². The second-order valence-electron chi connectivity index (χ2n) is 3.37. The van der Waals surface area contributed by atoms with Crippen molar-refractivity contribution >= 4 is 12.2 Å². The molecule has 86 valence electrons. The lowest BCUT2D eigenvalue weighted by Crippen LogP contribution is -2.42. The molecule has 1 aliphatic heterocycles. The number of aldehydes is 1. The Kier molecular flexibility index (Phi) is 3.75. The summed E-state index contributed by atoms with van der Waals surface area (Å²) in [4.78, 5) is 21.4. The Morgan fingerprint density at radius 1 is 1.47 bits per heavy atom. The minimum absolute atomic E-state index is 0.253. The van der Waals surface area contributed by atoms with Crippen molar-refractivity contribution in [3.63, 3.8) is 0 Å². The predicted octanol–water partition coefficient (Wildman–Crippen LogP) is -3.23. The Hall–Kier alpha value is -1.02. The van der Waals surface area contributed by atoms with Gasteiger partial charge in [-0.15, -0.1) is 0 Å². The molecule has 0 spiro atoms. The maximum Gasteiger partial charge on any atom is 0.230 e. The van der Waals surface area contributed by atoms with Crippen LogP contribution in [0.25, 0.3) is 0 Å². The average molecular weight is 219 g/mol. The molecule has 1 amide bonds. The van der Waals surface area contributed by atoms with E-state index in [-0.39, 0.29) is 6.29 Å². The Morgan fingerprint density at radius 3 is 2.40 bits per heavy atom. The number of rotatable bonds is 4. The molecule has 7 nitrogen and oxygen atoms in total. The van der Waals surface area contributed by atoms with Crippen LogP contribution in [0.1, 0.15) is 0 Å². The topological polar surface area (TPSA) is 130 Å². The van der Waals surface area contributed by atoms with Crippen LogP contribution >= 0.6 is 0 Å². The van der Waals surface area contributed by atoms with Crippen LogP contribution in [-0.4, -0.2) is 58.5 Å². The zero-order valence-corrected chi connectivity index (χ0v) is 7.81. The van der Waals surface area contributed by atoms with Gasteiger partial charge >= 0.3 is 0 Å². The minimum atomic E-state index is -1.41. The standard InChI is InChI=1S/C8H13NO6/c9-8(14)3(1-10)7-6(13)5(12)4(2-11)15-7/h1,3-7,11-13H,2H2,(H2,9,14)/t3?,4-,5-,6-,7+/m1/s1. The van der Waals surface area contributed by atoms with Gasteiger partial charge in [0.05, 0.1) is 6.61 Å². The van der Waals surface area contributed by atoms with Gasteiger partial charge in [-0.25, -0.2) is 0 Å². The van der Waals surface area contributed by atoms with Crippen molar-refractivity contribution < 1.29 is 29.6 Å². The number of carbonyl (C=O) groups excluding carboxylic acids is 2. The number of amides is 1. The molecule has 7 heteroatoms. The van der Waals surface area contributed by atoms with Crippen molar-refractivity contribution in [1.29, 1.82) is 0 Å². The summed E-state index contributed by atoms with van der Waals surface area (Å²) in [5.74, 6) is -2.27. The van der Waals surface area contributed by atoms with Crippen molar-refractivity contribution in [3.05, 3.63) is 0 Å². The van der Waals surface area contributed by atoms with Crippen LogP contribution in [0.5, 0.6) is 0 Å². The highest BCUT2D eigenvalue weighted by Gasteiger charge is 2.47. The Balaban J connectivity index is 2.79. The van der Waals surface area contributed by atoms with E-state index in [1.54, 1.807) is 0 Å². The van der Waals surface area contributed by atoms with Crippen LogP contribution in [0.2, 0.25) is 0 Å². The second-order valence-corrected chi connectivity index (χ2v) is 3.37. The van der Waals surface area contributed by atoms with Crippen molar-refractivity contribution in [1.82, 2.24) is 0 Å². The molecular formula is C8H13NO6. The first kappa shape index (κ1) is 12.1. The van der Waals surface area contributed by atoms with Gasteiger partial charge in [0.1, 0.15) is 36.6 Å². The summed E-state index contributed by atoms with van der Waals surface area (Å²) in [7, 11) is 0. The fraction of sp³-hybridized carbons (Fsp3) is 0.750. The summed E-state index contributed by atoms with van der Waals surface area (Å²) in [6, 6.07) is 0. The van der Waals surface area contributed by atoms with Crippen LogP contribution in [-0.2, 0) is 14.3 Å². The highest BCUT2D eigenvalue weighted by Crippen LogP contribution is 2.25. The van der Waals surface area contributed by atoms with Crippen LogP contribution in [0.15, 0.2) is 0 Å². The smallest absolute Gasteiger partial charge is 0.230 e. The molecule has 0 saturated carbocycles. The van der Waals surface area contributed by atoms with E-state index in [0.29, 0.717) is 0 Å². The van der Waals surface area contributed by atoms with E-state index in [4.69, 9.17) is 15.6 Å². The van der Waals surface area contributed by atoms with E-state index in [1.165, 1.54) is 0 Å². The molecule has 5 N–H and O–H groups in total. The SMILES string of the molecule is NC(=O)C(C=O)[C@@H]1O[C@H](CO)[C@@H](O)[C@H]1O. The number of carbonyl (C=O) groups is 2. The maximum absolute atomic E-state index is 10.8. The summed E-state index contributed by atoms with van der Waals surface area (Å²) in [5.41, 5.74) is 4.92. The zero-order chi connectivity index (χ0) is 11.6. The number of aliphatic hydroxyl groups excluding tert-OH is 3. The van der Waals surface area contributed by atoms with Crippen LogP contribution in [0.3, 0.4) is 0 Å². The summed E-state index contributed by atoms with van der Waals surface area (Å²) in [6.45, 7) is -0.515. The molecule has 1 fully saturated rings. The molecule has 1 aliphatic rings. The number of hydrogen-bond donors (Lipinski definition) is 4. The van der Waals surface area contributed by atoms with Gasteiger partial charge in [-0.3, -0.25) is 4.79 Å². The molecule has 0 aromatic carbocycles. The van der Waals surface area contributed by atoms with E-state index in [2.05, 4.69) is 0 Å². The quantitative estimate of drug-likeness (QED) is 0.290. The Labute approximate surface area is 85.4 Å². The third kappa shape index (κ3) is 2.15. The van der Waals surface area contributed by atoms with Gasteiger partial charge in [0, 0.05) is 0 Å². The predicted molar refractivity (Wildman–Crippen MR) is 46.5 cm³/mol. The molecule has 5 atom stereocenters. The third-order valence-corrected chi connectivity index (χ3v) is 2.41. The van der Waals surface area contributed by atoms with Gasteiger partial charge in [0.25, 0.3) is 0 Å². The Morgan fingerprint density at radius 2 is 2.07 bits per heavy atom. The van der Waals surface area contributed by atoms with Crippen molar-refractivity contribution in [2.75, 3.05) is 6.61 Å². The summed E-state index contributed by atoms with van der Waals surface area (Å²) in [6.07, 6.45) is -4.70.